The van der Waals surface area contributed by atoms with E-state index in [1.807, 2.05) is 30.3 Å². The molecule has 1 aromatic heterocycles. The first-order valence-corrected chi connectivity index (χ1v) is 9.88. The molecule has 30 heavy (non-hydrogen) atoms. The molecule has 5 rings (SSSR count). The lowest BCUT2D eigenvalue weighted by Gasteiger charge is -2.08. The SMILES string of the molecule is O=C(NCCn1nc(-c2ccccc2)n(C2CC2)c1=O)Nc1ccc2c(c1)OCO2. The summed E-state index contributed by atoms with van der Waals surface area (Å²) in [6.45, 7) is 0.733. The van der Waals surface area contributed by atoms with Crippen molar-refractivity contribution in [2.24, 2.45) is 0 Å². The maximum atomic E-state index is 12.8. The standard InChI is InChI=1S/C21H21N5O4/c27-20(23-15-6-9-17-18(12-15)30-13-29-17)22-10-11-25-21(28)26(16-7-8-16)19(24-25)14-4-2-1-3-5-14/h1-6,9,12,16H,7-8,10-11,13H2,(H2,22,23,27). The maximum absolute atomic E-state index is 12.8. The second kappa shape index (κ2) is 7.58. The van der Waals surface area contributed by atoms with Crippen LogP contribution in [0.5, 0.6) is 11.5 Å². The van der Waals surface area contributed by atoms with E-state index < -0.39 is 0 Å². The molecular weight excluding hydrogens is 386 g/mol. The van der Waals surface area contributed by atoms with E-state index in [2.05, 4.69) is 15.7 Å². The quantitative estimate of drug-likeness (QED) is 0.654. The fourth-order valence-corrected chi connectivity index (χ4v) is 3.44. The number of rotatable bonds is 6. The summed E-state index contributed by atoms with van der Waals surface area (Å²) >= 11 is 0. The minimum Gasteiger partial charge on any atom is -0.454 e. The third kappa shape index (κ3) is 3.61. The van der Waals surface area contributed by atoms with E-state index >= 15 is 0 Å². The average Bonchev–Trinajstić information content (AvgIpc) is 3.39. The van der Waals surface area contributed by atoms with Crippen molar-refractivity contribution >= 4 is 11.7 Å². The van der Waals surface area contributed by atoms with Crippen LogP contribution in [0.15, 0.2) is 53.3 Å². The van der Waals surface area contributed by atoms with Crippen LogP contribution in [0.1, 0.15) is 18.9 Å². The van der Waals surface area contributed by atoms with E-state index in [1.54, 1.807) is 22.8 Å². The molecule has 2 heterocycles. The number of amides is 2. The van der Waals surface area contributed by atoms with Crippen LogP contribution in [0.3, 0.4) is 0 Å². The number of aromatic nitrogens is 3. The number of fused-ring (bicyclic) bond motifs is 1. The minimum atomic E-state index is -0.369. The molecule has 1 aliphatic heterocycles. The first-order chi connectivity index (χ1) is 14.7. The van der Waals surface area contributed by atoms with Gasteiger partial charge in [-0.2, -0.15) is 0 Å². The van der Waals surface area contributed by atoms with Gasteiger partial charge in [-0.3, -0.25) is 4.57 Å². The molecule has 1 fully saturated rings. The van der Waals surface area contributed by atoms with Gasteiger partial charge in [0.25, 0.3) is 0 Å². The van der Waals surface area contributed by atoms with Gasteiger partial charge in [0.2, 0.25) is 6.79 Å². The molecule has 2 amide bonds. The summed E-state index contributed by atoms with van der Waals surface area (Å²) in [4.78, 5) is 25.0. The molecule has 9 heteroatoms. The van der Waals surface area contributed by atoms with Gasteiger partial charge in [0.1, 0.15) is 0 Å². The molecule has 2 aromatic carbocycles. The lowest BCUT2D eigenvalue weighted by atomic mass is 10.2. The molecular formula is C21H21N5O4. The van der Waals surface area contributed by atoms with Crippen molar-refractivity contribution in [1.29, 1.82) is 0 Å². The zero-order valence-corrected chi connectivity index (χ0v) is 16.2. The van der Waals surface area contributed by atoms with Crippen molar-refractivity contribution in [1.82, 2.24) is 19.7 Å². The smallest absolute Gasteiger partial charge is 0.346 e. The molecule has 2 aliphatic rings. The summed E-state index contributed by atoms with van der Waals surface area (Å²) in [5, 5.41) is 10.0. The topological polar surface area (TPSA) is 99.4 Å². The van der Waals surface area contributed by atoms with Crippen LogP contribution >= 0.6 is 0 Å². The number of carbonyl (C=O) groups excluding carboxylic acids is 1. The van der Waals surface area contributed by atoms with Crippen LogP contribution in [-0.4, -0.2) is 33.7 Å². The first-order valence-electron chi connectivity index (χ1n) is 9.88. The molecule has 2 N–H and O–H groups in total. The van der Waals surface area contributed by atoms with Gasteiger partial charge in [-0.1, -0.05) is 30.3 Å². The van der Waals surface area contributed by atoms with Crippen LogP contribution in [0, 0.1) is 0 Å². The normalized spacial score (nSPS) is 14.5. The molecule has 0 atom stereocenters. The van der Waals surface area contributed by atoms with E-state index in [0.717, 1.165) is 18.4 Å². The molecule has 1 aliphatic carbocycles. The highest BCUT2D eigenvalue weighted by molar-refractivity contribution is 5.89. The largest absolute Gasteiger partial charge is 0.454 e. The number of carbonyl (C=O) groups is 1. The van der Waals surface area contributed by atoms with E-state index in [0.29, 0.717) is 23.0 Å². The van der Waals surface area contributed by atoms with Crippen LogP contribution in [-0.2, 0) is 6.54 Å². The van der Waals surface area contributed by atoms with E-state index in [9.17, 15) is 9.59 Å². The first kappa shape index (κ1) is 18.3. The fourth-order valence-electron chi connectivity index (χ4n) is 3.44. The number of urea groups is 1. The zero-order valence-electron chi connectivity index (χ0n) is 16.2. The number of nitrogens with zero attached hydrogens (tertiary/aromatic N) is 3. The Labute approximate surface area is 172 Å². The van der Waals surface area contributed by atoms with Gasteiger partial charge in [-0.05, 0) is 25.0 Å². The number of nitrogens with one attached hydrogen (secondary N) is 2. The molecule has 0 unspecified atom stereocenters. The van der Waals surface area contributed by atoms with Gasteiger partial charge in [0.15, 0.2) is 17.3 Å². The summed E-state index contributed by atoms with van der Waals surface area (Å²) in [5.74, 6) is 1.92. The number of hydrogen-bond acceptors (Lipinski definition) is 5. The number of anilines is 1. The number of benzene rings is 2. The second-order valence-corrected chi connectivity index (χ2v) is 7.25. The van der Waals surface area contributed by atoms with Crippen molar-refractivity contribution in [3.8, 4) is 22.9 Å². The fraction of sp³-hybridized carbons (Fsp3) is 0.286. The van der Waals surface area contributed by atoms with Crippen LogP contribution in [0.25, 0.3) is 11.4 Å². The van der Waals surface area contributed by atoms with Crippen molar-refractivity contribution < 1.29 is 14.3 Å². The van der Waals surface area contributed by atoms with Gasteiger partial charge in [-0.15, -0.1) is 5.10 Å². The second-order valence-electron chi connectivity index (χ2n) is 7.25. The Morgan fingerprint density at radius 3 is 2.70 bits per heavy atom. The molecule has 154 valence electrons. The van der Waals surface area contributed by atoms with E-state index in [1.165, 1.54) is 4.68 Å². The minimum absolute atomic E-state index is 0.144. The van der Waals surface area contributed by atoms with Gasteiger partial charge in [0.05, 0.1) is 6.54 Å². The highest BCUT2D eigenvalue weighted by Crippen LogP contribution is 2.36. The Morgan fingerprint density at radius 1 is 1.10 bits per heavy atom. The van der Waals surface area contributed by atoms with Gasteiger partial charge < -0.3 is 20.1 Å². The van der Waals surface area contributed by atoms with Crippen LogP contribution in [0.2, 0.25) is 0 Å². The lowest BCUT2D eigenvalue weighted by Crippen LogP contribution is -2.34. The van der Waals surface area contributed by atoms with Crippen molar-refractivity contribution in [3.05, 3.63) is 59.0 Å². The van der Waals surface area contributed by atoms with Crippen molar-refractivity contribution in [2.45, 2.75) is 25.4 Å². The summed E-state index contributed by atoms with van der Waals surface area (Å²) in [5.41, 5.74) is 1.36. The Hall–Kier alpha value is -3.75. The van der Waals surface area contributed by atoms with Crippen molar-refractivity contribution in [3.63, 3.8) is 0 Å². The lowest BCUT2D eigenvalue weighted by molar-refractivity contribution is 0.174. The summed E-state index contributed by atoms with van der Waals surface area (Å²) in [6.07, 6.45) is 1.98. The monoisotopic (exact) mass is 407 g/mol. The zero-order chi connectivity index (χ0) is 20.5. The van der Waals surface area contributed by atoms with E-state index in [4.69, 9.17) is 9.47 Å². The third-order valence-electron chi connectivity index (χ3n) is 5.05. The summed E-state index contributed by atoms with van der Waals surface area (Å²) < 4.78 is 13.7. The Bertz CT molecular complexity index is 1130. The highest BCUT2D eigenvalue weighted by atomic mass is 16.7. The Morgan fingerprint density at radius 2 is 1.90 bits per heavy atom. The van der Waals surface area contributed by atoms with Gasteiger partial charge in [0, 0.05) is 29.9 Å². The third-order valence-corrected chi connectivity index (χ3v) is 5.05. The number of hydrogen-bond donors (Lipinski definition) is 2. The number of ether oxygens (including phenoxy) is 2. The average molecular weight is 407 g/mol. The highest BCUT2D eigenvalue weighted by Gasteiger charge is 2.30. The van der Waals surface area contributed by atoms with Crippen molar-refractivity contribution in [2.75, 3.05) is 18.7 Å². The Balaban J connectivity index is 1.23. The molecule has 0 spiro atoms. The molecule has 1 saturated carbocycles. The predicted molar refractivity (Wildman–Crippen MR) is 110 cm³/mol. The van der Waals surface area contributed by atoms with Crippen LogP contribution in [0.4, 0.5) is 10.5 Å². The molecule has 9 nitrogen and oxygen atoms in total. The predicted octanol–water partition coefficient (Wildman–Crippen LogP) is 2.60. The van der Waals surface area contributed by atoms with Crippen LogP contribution < -0.4 is 25.8 Å². The summed E-state index contributed by atoms with van der Waals surface area (Å²) in [6, 6.07) is 14.7. The van der Waals surface area contributed by atoms with Gasteiger partial charge >= 0.3 is 11.7 Å². The molecule has 0 bridgehead atoms. The molecule has 0 radical (unpaired) electrons. The molecule has 0 saturated heterocycles. The summed E-state index contributed by atoms with van der Waals surface area (Å²) in [7, 11) is 0. The van der Waals surface area contributed by atoms with Gasteiger partial charge in [-0.25, -0.2) is 14.3 Å². The Kier molecular flexibility index (Phi) is 4.62. The molecule has 3 aromatic rings. The van der Waals surface area contributed by atoms with E-state index in [-0.39, 0.29) is 37.6 Å². The maximum Gasteiger partial charge on any atom is 0.346 e.